The highest BCUT2D eigenvalue weighted by Crippen LogP contribution is 2.37. The van der Waals surface area contributed by atoms with Gasteiger partial charge in [-0.1, -0.05) is 121 Å². The molecular weight excluding hydrogens is 532 g/mol. The molecular formula is C42H28N2. The average molecular weight is 561 g/mol. The lowest BCUT2D eigenvalue weighted by atomic mass is 9.91. The van der Waals surface area contributed by atoms with Crippen molar-refractivity contribution < 1.29 is 0 Å². The largest absolute Gasteiger partial charge is 0.316 e. The molecule has 0 N–H and O–H groups in total. The Kier molecular flexibility index (Phi) is 5.54. The van der Waals surface area contributed by atoms with E-state index in [-0.39, 0.29) is 0 Å². The normalized spacial score (nSPS) is 12.4. The van der Waals surface area contributed by atoms with Crippen molar-refractivity contribution in [2.24, 2.45) is 0 Å². The van der Waals surface area contributed by atoms with Crippen LogP contribution in [0.15, 0.2) is 146 Å². The Morgan fingerprint density at radius 2 is 0.500 bits per heavy atom. The fraction of sp³-hybridized carbons (Fsp3) is 0. The summed E-state index contributed by atoms with van der Waals surface area (Å²) in [5.74, 6) is 0. The van der Waals surface area contributed by atoms with Gasteiger partial charge in [-0.25, -0.2) is 0 Å². The van der Waals surface area contributed by atoms with Crippen LogP contribution in [-0.4, -0.2) is 9.13 Å². The molecule has 44 heavy (non-hydrogen) atoms. The van der Waals surface area contributed by atoms with Crippen LogP contribution in [0.1, 0.15) is 11.1 Å². The zero-order valence-electron chi connectivity index (χ0n) is 24.1. The number of para-hydroxylation sites is 4. The lowest BCUT2D eigenvalue weighted by Gasteiger charge is -2.13. The molecule has 206 valence electrons. The van der Waals surface area contributed by atoms with E-state index in [0.29, 0.717) is 0 Å². The summed E-state index contributed by atoms with van der Waals surface area (Å²) in [7, 11) is 0. The van der Waals surface area contributed by atoms with Gasteiger partial charge in [-0.05, 0) is 69.1 Å². The number of rotatable bonds is 4. The highest BCUT2D eigenvalue weighted by atomic mass is 15.0. The molecule has 2 nitrogen and oxygen atoms in total. The fourth-order valence-electron chi connectivity index (χ4n) is 7.08. The summed E-state index contributed by atoms with van der Waals surface area (Å²) in [6.45, 7) is 0. The van der Waals surface area contributed by atoms with E-state index in [1.807, 2.05) is 0 Å². The van der Waals surface area contributed by atoms with Gasteiger partial charge in [0.25, 0.3) is 0 Å². The van der Waals surface area contributed by atoms with Crippen LogP contribution >= 0.6 is 0 Å². The molecule has 0 unspecified atom stereocenters. The summed E-state index contributed by atoms with van der Waals surface area (Å²) in [6.07, 6.45) is 9.08. The van der Waals surface area contributed by atoms with E-state index >= 15 is 0 Å². The Morgan fingerprint density at radius 3 is 0.773 bits per heavy atom. The summed E-state index contributed by atoms with van der Waals surface area (Å²) in [5, 5.41) is 10.0. The van der Waals surface area contributed by atoms with Crippen molar-refractivity contribution >= 4 is 89.7 Å². The monoisotopic (exact) mass is 560 g/mol. The fourth-order valence-corrected chi connectivity index (χ4v) is 7.08. The minimum absolute atomic E-state index is 1.21. The Balaban J connectivity index is 1.27. The van der Waals surface area contributed by atoms with Crippen LogP contribution in [-0.2, 0) is 0 Å². The van der Waals surface area contributed by atoms with Crippen molar-refractivity contribution in [1.29, 1.82) is 0 Å². The van der Waals surface area contributed by atoms with E-state index in [1.165, 1.54) is 76.3 Å². The Morgan fingerprint density at radius 1 is 0.273 bits per heavy atom. The molecule has 0 saturated carbocycles. The maximum absolute atomic E-state index is 2.32. The van der Waals surface area contributed by atoms with Crippen LogP contribution < -0.4 is 0 Å². The van der Waals surface area contributed by atoms with Gasteiger partial charge in [0.1, 0.15) is 0 Å². The lowest BCUT2D eigenvalue weighted by molar-refractivity contribution is 1.30. The summed E-state index contributed by atoms with van der Waals surface area (Å²) in [6, 6.07) is 52.3. The van der Waals surface area contributed by atoms with E-state index in [9.17, 15) is 0 Å². The molecule has 2 heterocycles. The molecule has 9 rings (SSSR count). The average Bonchev–Trinajstić information content (AvgIpc) is 3.59. The number of hydrogen-bond donors (Lipinski definition) is 0. The second-order valence-electron chi connectivity index (χ2n) is 11.4. The first-order valence-corrected chi connectivity index (χ1v) is 15.1. The molecule has 0 saturated heterocycles. The van der Waals surface area contributed by atoms with Gasteiger partial charge in [-0.15, -0.1) is 0 Å². The van der Waals surface area contributed by atoms with Gasteiger partial charge in [0.15, 0.2) is 0 Å². The molecule has 0 bridgehead atoms. The minimum atomic E-state index is 1.21. The Labute approximate surface area is 255 Å². The summed E-state index contributed by atoms with van der Waals surface area (Å²) in [4.78, 5) is 0. The van der Waals surface area contributed by atoms with Gasteiger partial charge < -0.3 is 9.13 Å². The number of nitrogens with zero attached hydrogens (tertiary/aromatic N) is 2. The molecule has 2 heteroatoms. The Bertz CT molecular complexity index is 2260. The first-order valence-electron chi connectivity index (χ1n) is 15.1. The molecule has 0 aliphatic heterocycles. The molecule has 0 fully saturated rings. The molecule has 0 spiro atoms. The molecule has 0 atom stereocenters. The van der Waals surface area contributed by atoms with Crippen molar-refractivity contribution in [3.63, 3.8) is 0 Å². The van der Waals surface area contributed by atoms with Crippen LogP contribution in [0.5, 0.6) is 0 Å². The minimum Gasteiger partial charge on any atom is -0.316 e. The summed E-state index contributed by atoms with van der Waals surface area (Å²) < 4.78 is 4.65. The van der Waals surface area contributed by atoms with Crippen molar-refractivity contribution in [3.05, 3.63) is 157 Å². The first kappa shape index (κ1) is 24.7. The molecule has 0 aliphatic rings. The molecule has 7 aromatic carbocycles. The van der Waals surface area contributed by atoms with Crippen LogP contribution in [0.2, 0.25) is 0 Å². The van der Waals surface area contributed by atoms with E-state index in [0.717, 1.165) is 0 Å². The third-order valence-corrected chi connectivity index (χ3v) is 9.03. The van der Waals surface area contributed by atoms with Gasteiger partial charge >= 0.3 is 0 Å². The number of aromatic nitrogens is 2. The zero-order valence-corrected chi connectivity index (χ0v) is 24.1. The van der Waals surface area contributed by atoms with Crippen LogP contribution in [0.25, 0.3) is 89.7 Å². The van der Waals surface area contributed by atoms with Crippen molar-refractivity contribution in [1.82, 2.24) is 9.13 Å². The highest BCUT2D eigenvalue weighted by Gasteiger charge is 2.13. The van der Waals surface area contributed by atoms with Crippen molar-refractivity contribution in [2.45, 2.75) is 0 Å². The predicted octanol–water partition coefficient (Wildman–Crippen LogP) is 11.5. The van der Waals surface area contributed by atoms with Crippen LogP contribution in [0.3, 0.4) is 0 Å². The summed E-state index contributed by atoms with van der Waals surface area (Å²) in [5.41, 5.74) is 7.31. The lowest BCUT2D eigenvalue weighted by Crippen LogP contribution is -1.91. The van der Waals surface area contributed by atoms with Crippen molar-refractivity contribution in [2.75, 3.05) is 0 Å². The topological polar surface area (TPSA) is 9.86 Å². The van der Waals surface area contributed by atoms with Crippen LogP contribution in [0, 0.1) is 0 Å². The quantitative estimate of drug-likeness (QED) is 0.190. The second kappa shape index (κ2) is 9.86. The molecule has 9 aromatic rings. The van der Waals surface area contributed by atoms with E-state index in [2.05, 4.69) is 179 Å². The molecule has 2 aromatic heterocycles. The SMILES string of the molecule is C(=C\n1c2ccccc2c2ccccc21)/c1c2ccccc2c(/C=C/n2c3ccccc3c3ccccc32)c2ccccc12. The third kappa shape index (κ3) is 3.68. The zero-order chi connectivity index (χ0) is 29.0. The molecule has 0 radical (unpaired) electrons. The third-order valence-electron chi connectivity index (χ3n) is 9.03. The molecule has 0 aliphatic carbocycles. The maximum Gasteiger partial charge on any atom is 0.0534 e. The van der Waals surface area contributed by atoms with Gasteiger partial charge in [0.2, 0.25) is 0 Å². The number of benzene rings is 7. The maximum atomic E-state index is 2.32. The van der Waals surface area contributed by atoms with Gasteiger partial charge in [-0.3, -0.25) is 0 Å². The standard InChI is InChI=1S/C42H28N2/c1-2-14-30-29(13-1)33(25-27-43-39-21-9-5-17-35(39)36-18-6-10-22-40(36)43)31-15-3-4-16-32(31)34(30)26-28-44-41-23-11-7-19-37(41)38-20-8-12-24-42(38)44/h1-28H/b27-25+,28-26+. The van der Waals surface area contributed by atoms with Gasteiger partial charge in [0, 0.05) is 33.9 Å². The summed E-state index contributed by atoms with van der Waals surface area (Å²) >= 11 is 0. The van der Waals surface area contributed by atoms with E-state index in [1.54, 1.807) is 0 Å². The second-order valence-corrected chi connectivity index (χ2v) is 11.4. The smallest absolute Gasteiger partial charge is 0.0534 e. The predicted molar refractivity (Wildman–Crippen MR) is 191 cm³/mol. The number of fused-ring (bicyclic) bond motifs is 8. The number of hydrogen-bond acceptors (Lipinski definition) is 0. The van der Waals surface area contributed by atoms with Gasteiger partial charge in [-0.2, -0.15) is 0 Å². The van der Waals surface area contributed by atoms with Crippen molar-refractivity contribution in [3.8, 4) is 0 Å². The molecule has 0 amide bonds. The van der Waals surface area contributed by atoms with Gasteiger partial charge in [0.05, 0.1) is 22.1 Å². The highest BCUT2D eigenvalue weighted by molar-refractivity contribution is 6.16. The first-order chi connectivity index (χ1) is 21.9. The Hall–Kier alpha value is -5.86. The van der Waals surface area contributed by atoms with E-state index < -0.39 is 0 Å². The van der Waals surface area contributed by atoms with Crippen LogP contribution in [0.4, 0.5) is 0 Å². The van der Waals surface area contributed by atoms with E-state index in [4.69, 9.17) is 0 Å².